The van der Waals surface area contributed by atoms with Gasteiger partial charge in [-0.15, -0.1) is 0 Å². The van der Waals surface area contributed by atoms with Crippen molar-refractivity contribution in [3.05, 3.63) is 29.8 Å². The Balaban J connectivity index is 2.67. The van der Waals surface area contributed by atoms with Gasteiger partial charge in [-0.3, -0.25) is 0 Å². The van der Waals surface area contributed by atoms with E-state index in [4.69, 9.17) is 10.5 Å². The van der Waals surface area contributed by atoms with Gasteiger partial charge in [-0.2, -0.15) is 0 Å². The maximum absolute atomic E-state index is 12.0. The zero-order chi connectivity index (χ0) is 12.0. The van der Waals surface area contributed by atoms with Crippen molar-refractivity contribution in [1.82, 2.24) is 0 Å². The molecule has 0 bridgehead atoms. The Morgan fingerprint density at radius 2 is 2.00 bits per heavy atom. The largest absolute Gasteiger partial charge is 0.487 e. The molecule has 1 rings (SSSR count). The normalized spacial score (nSPS) is 12.8. The summed E-state index contributed by atoms with van der Waals surface area (Å²) in [6.07, 6.45) is -0.952. The number of benzene rings is 1. The van der Waals surface area contributed by atoms with Crippen LogP contribution in [0.5, 0.6) is 5.75 Å². The SMILES string of the molecule is CCC(N)Cc1ccccc1OCC(F)F. The van der Waals surface area contributed by atoms with E-state index in [0.29, 0.717) is 12.2 Å². The number of hydrogen-bond acceptors (Lipinski definition) is 2. The molecule has 0 radical (unpaired) electrons. The van der Waals surface area contributed by atoms with E-state index in [2.05, 4.69) is 0 Å². The second kappa shape index (κ2) is 6.43. The average Bonchev–Trinajstić information content (AvgIpc) is 2.27. The van der Waals surface area contributed by atoms with Gasteiger partial charge in [0.25, 0.3) is 6.43 Å². The van der Waals surface area contributed by atoms with Gasteiger partial charge in [0.05, 0.1) is 0 Å². The minimum atomic E-state index is -2.45. The molecule has 0 spiro atoms. The number of rotatable bonds is 6. The molecule has 1 aromatic rings. The Kier molecular flexibility index (Phi) is 5.19. The highest BCUT2D eigenvalue weighted by Crippen LogP contribution is 2.20. The maximum atomic E-state index is 12.0. The Hall–Kier alpha value is -1.16. The van der Waals surface area contributed by atoms with E-state index >= 15 is 0 Å². The molecule has 16 heavy (non-hydrogen) atoms. The lowest BCUT2D eigenvalue weighted by Crippen LogP contribution is -2.22. The smallest absolute Gasteiger partial charge is 0.272 e. The van der Waals surface area contributed by atoms with Gasteiger partial charge >= 0.3 is 0 Å². The molecule has 0 aromatic heterocycles. The third-order valence-electron chi connectivity index (χ3n) is 2.34. The summed E-state index contributed by atoms with van der Waals surface area (Å²) in [5.74, 6) is 0.506. The van der Waals surface area contributed by atoms with Crippen LogP contribution in [0, 0.1) is 0 Å². The van der Waals surface area contributed by atoms with Crippen molar-refractivity contribution in [2.45, 2.75) is 32.2 Å². The lowest BCUT2D eigenvalue weighted by atomic mass is 10.0. The van der Waals surface area contributed by atoms with E-state index in [9.17, 15) is 8.78 Å². The second-order valence-electron chi connectivity index (χ2n) is 3.68. The first-order chi connectivity index (χ1) is 7.63. The van der Waals surface area contributed by atoms with Crippen LogP contribution < -0.4 is 10.5 Å². The molecule has 0 aliphatic rings. The van der Waals surface area contributed by atoms with E-state index in [1.807, 2.05) is 19.1 Å². The molecule has 1 unspecified atom stereocenters. The quantitative estimate of drug-likeness (QED) is 0.813. The average molecular weight is 229 g/mol. The van der Waals surface area contributed by atoms with Crippen LogP contribution in [0.1, 0.15) is 18.9 Å². The van der Waals surface area contributed by atoms with Crippen LogP contribution in [0.2, 0.25) is 0 Å². The number of hydrogen-bond donors (Lipinski definition) is 1. The summed E-state index contributed by atoms with van der Waals surface area (Å²) >= 11 is 0. The molecule has 4 heteroatoms. The molecule has 0 amide bonds. The monoisotopic (exact) mass is 229 g/mol. The zero-order valence-corrected chi connectivity index (χ0v) is 9.33. The third-order valence-corrected chi connectivity index (χ3v) is 2.34. The number of halogens is 2. The van der Waals surface area contributed by atoms with Crippen LogP contribution in [-0.4, -0.2) is 19.1 Å². The molecular weight excluding hydrogens is 212 g/mol. The number of nitrogens with two attached hydrogens (primary N) is 1. The highest BCUT2D eigenvalue weighted by molar-refractivity contribution is 5.33. The van der Waals surface area contributed by atoms with Crippen LogP contribution in [0.25, 0.3) is 0 Å². The van der Waals surface area contributed by atoms with Crippen LogP contribution in [-0.2, 0) is 6.42 Å². The standard InChI is InChI=1S/C12H17F2NO/c1-2-10(15)7-9-5-3-4-6-11(9)16-8-12(13)14/h3-6,10,12H,2,7-8,15H2,1H3. The van der Waals surface area contributed by atoms with E-state index in [1.165, 1.54) is 0 Å². The summed E-state index contributed by atoms with van der Waals surface area (Å²) in [7, 11) is 0. The van der Waals surface area contributed by atoms with Gasteiger partial charge in [0, 0.05) is 6.04 Å². The van der Waals surface area contributed by atoms with Crippen molar-refractivity contribution >= 4 is 0 Å². The van der Waals surface area contributed by atoms with Gasteiger partial charge in [0.2, 0.25) is 0 Å². The molecule has 0 fully saturated rings. The minimum absolute atomic E-state index is 0.0382. The summed E-state index contributed by atoms with van der Waals surface area (Å²) in [5, 5.41) is 0. The van der Waals surface area contributed by atoms with Crippen LogP contribution in [0.3, 0.4) is 0 Å². The van der Waals surface area contributed by atoms with Crippen molar-refractivity contribution in [3.8, 4) is 5.75 Å². The van der Waals surface area contributed by atoms with E-state index < -0.39 is 13.0 Å². The van der Waals surface area contributed by atoms with Crippen molar-refractivity contribution in [2.24, 2.45) is 5.73 Å². The molecule has 0 saturated heterocycles. The van der Waals surface area contributed by atoms with Gasteiger partial charge in [0.1, 0.15) is 12.4 Å². The topological polar surface area (TPSA) is 35.2 Å². The summed E-state index contributed by atoms with van der Waals surface area (Å²) < 4.78 is 29.1. The molecule has 1 aromatic carbocycles. The first-order valence-corrected chi connectivity index (χ1v) is 5.38. The summed E-state index contributed by atoms with van der Waals surface area (Å²) in [5.41, 5.74) is 6.71. The predicted molar refractivity (Wildman–Crippen MR) is 59.9 cm³/mol. The molecule has 0 saturated carbocycles. The van der Waals surface area contributed by atoms with E-state index in [0.717, 1.165) is 12.0 Å². The molecule has 1 atom stereocenters. The molecule has 0 aliphatic carbocycles. The van der Waals surface area contributed by atoms with Crippen molar-refractivity contribution in [3.63, 3.8) is 0 Å². The zero-order valence-electron chi connectivity index (χ0n) is 9.33. The van der Waals surface area contributed by atoms with E-state index in [1.54, 1.807) is 12.1 Å². The highest BCUT2D eigenvalue weighted by Gasteiger charge is 2.09. The maximum Gasteiger partial charge on any atom is 0.272 e. The molecule has 90 valence electrons. The minimum Gasteiger partial charge on any atom is -0.487 e. The van der Waals surface area contributed by atoms with Crippen molar-refractivity contribution in [1.29, 1.82) is 0 Å². The molecule has 0 aliphatic heterocycles. The summed E-state index contributed by atoms with van der Waals surface area (Å²) in [6, 6.07) is 7.21. The van der Waals surface area contributed by atoms with Gasteiger partial charge in [0.15, 0.2) is 0 Å². The fourth-order valence-corrected chi connectivity index (χ4v) is 1.39. The van der Waals surface area contributed by atoms with Gasteiger partial charge < -0.3 is 10.5 Å². The van der Waals surface area contributed by atoms with Crippen LogP contribution >= 0.6 is 0 Å². The second-order valence-corrected chi connectivity index (χ2v) is 3.68. The fraction of sp³-hybridized carbons (Fsp3) is 0.500. The van der Waals surface area contributed by atoms with E-state index in [-0.39, 0.29) is 6.04 Å². The van der Waals surface area contributed by atoms with Crippen molar-refractivity contribution < 1.29 is 13.5 Å². The number of ether oxygens (including phenoxy) is 1. The molecule has 2 N–H and O–H groups in total. The first kappa shape index (κ1) is 12.9. The Morgan fingerprint density at radius 3 is 2.62 bits per heavy atom. The van der Waals surface area contributed by atoms with Gasteiger partial charge in [-0.25, -0.2) is 8.78 Å². The number of alkyl halides is 2. The summed E-state index contributed by atoms with van der Waals surface area (Å²) in [4.78, 5) is 0. The van der Waals surface area contributed by atoms with Gasteiger partial charge in [-0.05, 0) is 24.5 Å². The Bertz CT molecular complexity index is 318. The lowest BCUT2D eigenvalue weighted by Gasteiger charge is -2.13. The van der Waals surface area contributed by atoms with Crippen molar-refractivity contribution in [2.75, 3.05) is 6.61 Å². The molecule has 0 heterocycles. The Morgan fingerprint density at radius 1 is 1.31 bits per heavy atom. The first-order valence-electron chi connectivity index (χ1n) is 5.38. The fourth-order valence-electron chi connectivity index (χ4n) is 1.39. The summed E-state index contributed by atoms with van der Waals surface area (Å²) in [6.45, 7) is 1.42. The third kappa shape index (κ3) is 4.14. The molecular formula is C12H17F2NO. The molecule has 2 nitrogen and oxygen atoms in total. The Labute approximate surface area is 94.4 Å². The van der Waals surface area contributed by atoms with Gasteiger partial charge in [-0.1, -0.05) is 25.1 Å². The predicted octanol–water partition coefficient (Wildman–Crippen LogP) is 2.61. The highest BCUT2D eigenvalue weighted by atomic mass is 19.3. The van der Waals surface area contributed by atoms with Crippen LogP contribution in [0.4, 0.5) is 8.78 Å². The number of para-hydroxylation sites is 1. The van der Waals surface area contributed by atoms with Crippen LogP contribution in [0.15, 0.2) is 24.3 Å². The lowest BCUT2D eigenvalue weighted by molar-refractivity contribution is 0.0814.